The van der Waals surface area contributed by atoms with Crippen molar-refractivity contribution in [3.05, 3.63) is 0 Å². The van der Waals surface area contributed by atoms with Gasteiger partial charge in [0.25, 0.3) is 0 Å². The Balaban J connectivity index is 1.86. The topological polar surface area (TPSA) is 73.5 Å². The molecule has 7 heteroatoms. The Hall–Kier alpha value is -0.850. The zero-order chi connectivity index (χ0) is 12.3. The van der Waals surface area contributed by atoms with Gasteiger partial charge in [0.1, 0.15) is 5.50 Å². The molecule has 0 aromatic rings. The van der Waals surface area contributed by atoms with Crippen LogP contribution in [0.25, 0.3) is 0 Å². The van der Waals surface area contributed by atoms with Crippen LogP contribution in [0.4, 0.5) is 0 Å². The molecule has 2 fully saturated rings. The van der Waals surface area contributed by atoms with Crippen LogP contribution in [-0.4, -0.2) is 61.0 Å². The average Bonchev–Trinajstić information content (AvgIpc) is 2.35. The molecule has 0 bridgehead atoms. The molecular weight excluding hydrogens is 244 g/mol. The first-order chi connectivity index (χ1) is 8.16. The van der Waals surface area contributed by atoms with Crippen molar-refractivity contribution in [3.8, 4) is 0 Å². The minimum absolute atomic E-state index is 0.00455. The van der Waals surface area contributed by atoms with Gasteiger partial charge in [0.15, 0.2) is 0 Å². The molecule has 0 aromatic heterocycles. The summed E-state index contributed by atoms with van der Waals surface area (Å²) < 4.78 is 0. The van der Waals surface area contributed by atoms with E-state index in [0.717, 1.165) is 13.1 Å². The van der Waals surface area contributed by atoms with E-state index < -0.39 is 6.04 Å². The normalized spacial score (nSPS) is 29.9. The van der Waals surface area contributed by atoms with Gasteiger partial charge in [-0.2, -0.15) is 0 Å². The number of carbonyl (C=O) groups excluding carboxylic acids is 2. The van der Waals surface area contributed by atoms with Crippen molar-refractivity contribution in [1.82, 2.24) is 20.9 Å². The first-order valence-corrected chi connectivity index (χ1v) is 6.27. The molecule has 2 saturated heterocycles. The fraction of sp³-hybridized carbons (Fsp3) is 0.800. The lowest BCUT2D eigenvalue weighted by Gasteiger charge is -2.31. The van der Waals surface area contributed by atoms with Crippen LogP contribution in [0, 0.1) is 0 Å². The maximum Gasteiger partial charge on any atom is 0.237 e. The zero-order valence-corrected chi connectivity index (χ0v) is 10.3. The Kier molecular flexibility index (Phi) is 4.20. The predicted octanol–water partition coefficient (Wildman–Crippen LogP) is -1.54. The standard InChI is InChI=1S/C10H17ClN4O2/c11-8-6-13-10(17)7(14-8)5-9(16)15-3-1-12-2-4-15/h7-8,12,14H,1-6H2,(H,13,17). The van der Waals surface area contributed by atoms with Gasteiger partial charge in [0, 0.05) is 32.7 Å². The number of nitrogens with one attached hydrogen (secondary N) is 3. The molecule has 96 valence electrons. The van der Waals surface area contributed by atoms with Crippen LogP contribution >= 0.6 is 11.6 Å². The van der Waals surface area contributed by atoms with Crippen LogP contribution in [-0.2, 0) is 9.59 Å². The van der Waals surface area contributed by atoms with Gasteiger partial charge in [0.2, 0.25) is 11.8 Å². The predicted molar refractivity (Wildman–Crippen MR) is 63.6 cm³/mol. The first kappa shape index (κ1) is 12.6. The first-order valence-electron chi connectivity index (χ1n) is 5.83. The Morgan fingerprint density at radius 1 is 1.41 bits per heavy atom. The smallest absolute Gasteiger partial charge is 0.237 e. The van der Waals surface area contributed by atoms with E-state index >= 15 is 0 Å². The summed E-state index contributed by atoms with van der Waals surface area (Å²) in [5, 5.41) is 8.78. The fourth-order valence-corrected chi connectivity index (χ4v) is 2.27. The van der Waals surface area contributed by atoms with Gasteiger partial charge in [0.05, 0.1) is 12.5 Å². The minimum Gasteiger partial charge on any atom is -0.352 e. The summed E-state index contributed by atoms with van der Waals surface area (Å²) in [5.74, 6) is -0.143. The summed E-state index contributed by atoms with van der Waals surface area (Å²) >= 11 is 5.89. The van der Waals surface area contributed by atoms with Gasteiger partial charge < -0.3 is 15.5 Å². The molecule has 0 saturated carbocycles. The number of amides is 2. The van der Waals surface area contributed by atoms with E-state index in [1.165, 1.54) is 0 Å². The van der Waals surface area contributed by atoms with E-state index in [2.05, 4.69) is 16.0 Å². The molecular formula is C10H17ClN4O2. The average molecular weight is 261 g/mol. The SMILES string of the molecule is O=C1NCC(Cl)NC1CC(=O)N1CCNCC1. The van der Waals surface area contributed by atoms with E-state index in [-0.39, 0.29) is 23.7 Å². The third kappa shape index (κ3) is 3.31. The van der Waals surface area contributed by atoms with E-state index in [1.807, 2.05) is 0 Å². The monoisotopic (exact) mass is 260 g/mol. The lowest BCUT2D eigenvalue weighted by atomic mass is 10.1. The maximum atomic E-state index is 12.0. The van der Waals surface area contributed by atoms with Crippen molar-refractivity contribution in [3.63, 3.8) is 0 Å². The number of hydrogen-bond donors (Lipinski definition) is 3. The van der Waals surface area contributed by atoms with Gasteiger partial charge in [-0.1, -0.05) is 0 Å². The van der Waals surface area contributed by atoms with Crippen molar-refractivity contribution >= 4 is 23.4 Å². The molecule has 2 aliphatic rings. The largest absolute Gasteiger partial charge is 0.352 e. The Labute approximate surface area is 105 Å². The minimum atomic E-state index is -0.506. The van der Waals surface area contributed by atoms with Gasteiger partial charge in [-0.25, -0.2) is 0 Å². The second-order valence-electron chi connectivity index (χ2n) is 4.27. The van der Waals surface area contributed by atoms with Gasteiger partial charge in [-0.15, -0.1) is 11.6 Å². The quantitative estimate of drug-likeness (QED) is 0.416. The Morgan fingerprint density at radius 3 is 2.82 bits per heavy atom. The summed E-state index contributed by atoms with van der Waals surface area (Å²) in [4.78, 5) is 25.3. The van der Waals surface area contributed by atoms with Gasteiger partial charge in [-0.3, -0.25) is 14.9 Å². The van der Waals surface area contributed by atoms with Crippen molar-refractivity contribution in [2.75, 3.05) is 32.7 Å². The molecule has 2 rings (SSSR count). The molecule has 17 heavy (non-hydrogen) atoms. The molecule has 0 radical (unpaired) electrons. The lowest BCUT2D eigenvalue weighted by molar-refractivity contribution is -0.136. The molecule has 2 amide bonds. The number of carbonyl (C=O) groups is 2. The summed E-state index contributed by atoms with van der Waals surface area (Å²) in [6.45, 7) is 3.44. The van der Waals surface area contributed by atoms with Gasteiger partial charge in [-0.05, 0) is 0 Å². The number of nitrogens with zero attached hydrogens (tertiary/aromatic N) is 1. The van der Waals surface area contributed by atoms with Crippen molar-refractivity contribution in [1.29, 1.82) is 0 Å². The number of alkyl halides is 1. The highest BCUT2D eigenvalue weighted by atomic mass is 35.5. The molecule has 2 heterocycles. The third-order valence-electron chi connectivity index (χ3n) is 3.00. The highest BCUT2D eigenvalue weighted by molar-refractivity contribution is 6.21. The highest BCUT2D eigenvalue weighted by Gasteiger charge is 2.30. The molecule has 6 nitrogen and oxygen atoms in total. The van der Waals surface area contributed by atoms with Crippen LogP contribution in [0.5, 0.6) is 0 Å². The highest BCUT2D eigenvalue weighted by Crippen LogP contribution is 2.06. The second-order valence-corrected chi connectivity index (χ2v) is 4.79. The van der Waals surface area contributed by atoms with E-state index in [4.69, 9.17) is 11.6 Å². The summed E-state index contributed by atoms with van der Waals surface area (Å²) in [5.41, 5.74) is -0.298. The van der Waals surface area contributed by atoms with Crippen molar-refractivity contribution < 1.29 is 9.59 Å². The van der Waals surface area contributed by atoms with Crippen molar-refractivity contribution in [2.24, 2.45) is 0 Å². The molecule has 0 aliphatic carbocycles. The molecule has 2 unspecified atom stereocenters. The Morgan fingerprint density at radius 2 is 2.12 bits per heavy atom. The molecule has 3 N–H and O–H groups in total. The van der Waals surface area contributed by atoms with Crippen LogP contribution in [0.2, 0.25) is 0 Å². The summed E-state index contributed by atoms with van der Waals surface area (Å²) in [7, 11) is 0. The summed E-state index contributed by atoms with van der Waals surface area (Å²) in [6, 6.07) is -0.506. The van der Waals surface area contributed by atoms with Gasteiger partial charge >= 0.3 is 0 Å². The lowest BCUT2D eigenvalue weighted by Crippen LogP contribution is -2.58. The molecule has 0 spiro atoms. The maximum absolute atomic E-state index is 12.0. The van der Waals surface area contributed by atoms with E-state index in [9.17, 15) is 9.59 Å². The third-order valence-corrected chi connectivity index (χ3v) is 3.28. The van der Waals surface area contributed by atoms with E-state index in [0.29, 0.717) is 19.6 Å². The van der Waals surface area contributed by atoms with Crippen LogP contribution in [0.1, 0.15) is 6.42 Å². The molecule has 2 aliphatic heterocycles. The van der Waals surface area contributed by atoms with Crippen LogP contribution in [0.3, 0.4) is 0 Å². The van der Waals surface area contributed by atoms with Crippen LogP contribution < -0.4 is 16.0 Å². The number of hydrogen-bond acceptors (Lipinski definition) is 4. The number of rotatable bonds is 2. The molecule has 2 atom stereocenters. The fourth-order valence-electron chi connectivity index (χ4n) is 2.04. The van der Waals surface area contributed by atoms with Crippen LogP contribution in [0.15, 0.2) is 0 Å². The Bertz CT molecular complexity index is 307. The number of piperazine rings is 2. The summed E-state index contributed by atoms with van der Waals surface area (Å²) in [6.07, 6.45) is 0.176. The zero-order valence-electron chi connectivity index (χ0n) is 9.54. The van der Waals surface area contributed by atoms with E-state index in [1.54, 1.807) is 4.90 Å². The second kappa shape index (κ2) is 5.66. The van der Waals surface area contributed by atoms with Crippen molar-refractivity contribution in [2.45, 2.75) is 18.0 Å². The number of halogens is 1. The molecule has 0 aromatic carbocycles.